The van der Waals surface area contributed by atoms with Crippen molar-refractivity contribution in [2.75, 3.05) is 7.11 Å². The zero-order valence-corrected chi connectivity index (χ0v) is 15.6. The minimum atomic E-state index is -0.455. The summed E-state index contributed by atoms with van der Waals surface area (Å²) >= 11 is 6.56. The molecule has 1 aromatic carbocycles. The Morgan fingerprint density at radius 2 is 1.91 bits per heavy atom. The second kappa shape index (κ2) is 6.20. The molecule has 0 unspecified atom stereocenters. The first-order valence-corrected chi connectivity index (χ1v) is 8.12. The van der Waals surface area contributed by atoms with E-state index in [2.05, 4.69) is 19.9 Å². The molecule has 1 aliphatic rings. The van der Waals surface area contributed by atoms with E-state index in [1.54, 1.807) is 6.92 Å². The lowest BCUT2D eigenvalue weighted by Gasteiger charge is -2.34. The Morgan fingerprint density at radius 1 is 1.30 bits per heavy atom. The molecule has 0 amide bonds. The summed E-state index contributed by atoms with van der Waals surface area (Å²) in [6.45, 7) is 11.4. The molecule has 1 aromatic rings. The molecule has 2 rings (SSSR count). The highest BCUT2D eigenvalue weighted by Crippen LogP contribution is 2.50. The number of benzene rings is 1. The van der Waals surface area contributed by atoms with Crippen molar-refractivity contribution in [2.45, 2.75) is 47.1 Å². The molecule has 0 aromatic heterocycles. The van der Waals surface area contributed by atoms with Gasteiger partial charge >= 0.3 is 0 Å². The number of fused-ring (bicyclic) bond motifs is 1. The molecule has 126 valence electrons. The number of rotatable bonds is 3. The van der Waals surface area contributed by atoms with Gasteiger partial charge in [-0.05, 0) is 56.9 Å². The topological polar surface area (TPSA) is 18.5 Å². The number of ether oxygens (including phenoxy) is 2. The van der Waals surface area contributed by atoms with E-state index in [4.69, 9.17) is 21.1 Å². The monoisotopic (exact) mass is 338 g/mol. The average molecular weight is 339 g/mol. The Hall–Kier alpha value is -1.48. The highest BCUT2D eigenvalue weighted by Gasteiger charge is 2.32. The number of hydrogen-bond donors (Lipinski definition) is 0. The van der Waals surface area contributed by atoms with E-state index in [9.17, 15) is 4.39 Å². The first kappa shape index (κ1) is 17.9. The minimum Gasteiger partial charge on any atom is -0.494 e. The smallest absolute Gasteiger partial charge is 0.150 e. The molecule has 0 fully saturated rings. The fraction of sp³-hybridized carbons (Fsp3) is 0.474. The standard InChI is InChI=1S/C19H24ClFO2/c1-10(2)15-9-19(5,6)23-18-14(15)8-13(11(3)12(4)21)17(22-7)16(18)20/h8-10H,1-7H3. The quantitative estimate of drug-likeness (QED) is 0.645. The maximum atomic E-state index is 13.8. The van der Waals surface area contributed by atoms with E-state index in [-0.39, 0.29) is 5.83 Å². The Labute approximate surface area is 142 Å². The molecule has 0 atom stereocenters. The fourth-order valence-corrected chi connectivity index (χ4v) is 3.13. The van der Waals surface area contributed by atoms with Crippen molar-refractivity contribution < 1.29 is 13.9 Å². The first-order valence-electron chi connectivity index (χ1n) is 7.75. The maximum absolute atomic E-state index is 13.8. The predicted molar refractivity (Wildman–Crippen MR) is 94.9 cm³/mol. The van der Waals surface area contributed by atoms with Crippen LogP contribution in [0.15, 0.2) is 18.0 Å². The molecule has 0 radical (unpaired) electrons. The summed E-state index contributed by atoms with van der Waals surface area (Å²) in [7, 11) is 1.53. The predicted octanol–water partition coefficient (Wildman–Crippen LogP) is 6.28. The molecular weight excluding hydrogens is 315 g/mol. The van der Waals surface area contributed by atoms with Gasteiger partial charge in [-0.3, -0.25) is 0 Å². The van der Waals surface area contributed by atoms with Crippen LogP contribution in [0.1, 0.15) is 52.7 Å². The summed E-state index contributed by atoms with van der Waals surface area (Å²) in [5.41, 5.74) is 2.77. The second-order valence-electron chi connectivity index (χ2n) is 6.77. The van der Waals surface area contributed by atoms with Crippen LogP contribution in [0, 0.1) is 5.92 Å². The zero-order valence-electron chi connectivity index (χ0n) is 14.8. The van der Waals surface area contributed by atoms with Crippen LogP contribution in [0.4, 0.5) is 4.39 Å². The van der Waals surface area contributed by atoms with Crippen molar-refractivity contribution in [3.8, 4) is 11.5 Å². The number of methoxy groups -OCH3 is 1. The van der Waals surface area contributed by atoms with Gasteiger partial charge in [0.05, 0.1) is 7.11 Å². The van der Waals surface area contributed by atoms with Crippen molar-refractivity contribution in [3.63, 3.8) is 0 Å². The summed E-state index contributed by atoms with van der Waals surface area (Å²) in [5.74, 6) is 1.09. The van der Waals surface area contributed by atoms with Gasteiger partial charge in [0.25, 0.3) is 0 Å². The Kier molecular flexibility index (Phi) is 4.81. The molecule has 23 heavy (non-hydrogen) atoms. The van der Waals surface area contributed by atoms with Crippen LogP contribution in [0.5, 0.6) is 11.5 Å². The van der Waals surface area contributed by atoms with E-state index >= 15 is 0 Å². The summed E-state index contributed by atoms with van der Waals surface area (Å²) < 4.78 is 25.3. The van der Waals surface area contributed by atoms with Crippen LogP contribution in [-0.4, -0.2) is 12.7 Å². The highest BCUT2D eigenvalue weighted by atomic mass is 35.5. The SMILES string of the molecule is COc1c(C(C)=C(C)F)cc2c(c1Cl)OC(C)(C)C=C2C(C)C. The molecule has 1 aliphatic heterocycles. The van der Waals surface area contributed by atoms with E-state index in [0.29, 0.717) is 33.6 Å². The average Bonchev–Trinajstić information content (AvgIpc) is 2.45. The van der Waals surface area contributed by atoms with Crippen molar-refractivity contribution >= 4 is 22.7 Å². The normalized spacial score (nSPS) is 17.2. The summed E-state index contributed by atoms with van der Waals surface area (Å²) in [6, 6.07) is 1.92. The van der Waals surface area contributed by atoms with Gasteiger partial charge in [0.1, 0.15) is 22.2 Å². The van der Waals surface area contributed by atoms with Crippen molar-refractivity contribution in [3.05, 3.63) is 34.1 Å². The molecule has 0 bridgehead atoms. The van der Waals surface area contributed by atoms with E-state index in [1.165, 1.54) is 14.0 Å². The molecule has 0 saturated heterocycles. The van der Waals surface area contributed by atoms with Gasteiger partial charge < -0.3 is 9.47 Å². The van der Waals surface area contributed by atoms with Gasteiger partial charge in [-0.15, -0.1) is 0 Å². The largest absolute Gasteiger partial charge is 0.494 e. The van der Waals surface area contributed by atoms with Crippen molar-refractivity contribution in [1.82, 2.24) is 0 Å². The Balaban J connectivity index is 2.83. The van der Waals surface area contributed by atoms with Gasteiger partial charge in [-0.2, -0.15) is 0 Å². The van der Waals surface area contributed by atoms with Gasteiger partial charge in [-0.25, -0.2) is 4.39 Å². The lowest BCUT2D eigenvalue weighted by atomic mass is 9.86. The molecule has 0 spiro atoms. The highest BCUT2D eigenvalue weighted by molar-refractivity contribution is 6.34. The molecule has 2 nitrogen and oxygen atoms in total. The van der Waals surface area contributed by atoms with Crippen LogP contribution >= 0.6 is 11.6 Å². The lowest BCUT2D eigenvalue weighted by Crippen LogP contribution is -2.30. The molecule has 1 heterocycles. The summed E-state index contributed by atoms with van der Waals surface area (Å²) in [6.07, 6.45) is 2.11. The number of halogens is 2. The van der Waals surface area contributed by atoms with Crippen LogP contribution in [-0.2, 0) is 0 Å². The van der Waals surface area contributed by atoms with E-state index < -0.39 is 5.60 Å². The third kappa shape index (κ3) is 3.25. The summed E-state index contributed by atoms with van der Waals surface area (Å²) in [5, 5.41) is 0.389. The van der Waals surface area contributed by atoms with Crippen LogP contribution < -0.4 is 9.47 Å². The third-order valence-electron chi connectivity index (χ3n) is 4.10. The number of allylic oxidation sites excluding steroid dienone is 3. The number of hydrogen-bond acceptors (Lipinski definition) is 2. The molecule has 0 aliphatic carbocycles. The van der Waals surface area contributed by atoms with Crippen LogP contribution in [0.2, 0.25) is 5.02 Å². The maximum Gasteiger partial charge on any atom is 0.150 e. The Morgan fingerprint density at radius 3 is 2.39 bits per heavy atom. The third-order valence-corrected chi connectivity index (χ3v) is 4.45. The Bertz CT molecular complexity index is 696. The molecular formula is C19H24ClFO2. The fourth-order valence-electron chi connectivity index (χ4n) is 2.82. The van der Waals surface area contributed by atoms with Crippen molar-refractivity contribution in [1.29, 1.82) is 0 Å². The van der Waals surface area contributed by atoms with Gasteiger partial charge in [0.2, 0.25) is 0 Å². The molecule has 0 N–H and O–H groups in total. The summed E-state index contributed by atoms with van der Waals surface area (Å²) in [4.78, 5) is 0. The van der Waals surface area contributed by atoms with Gasteiger partial charge in [0, 0.05) is 11.1 Å². The van der Waals surface area contributed by atoms with Crippen LogP contribution in [0.3, 0.4) is 0 Å². The van der Waals surface area contributed by atoms with E-state index in [0.717, 1.165) is 11.1 Å². The van der Waals surface area contributed by atoms with E-state index in [1.807, 2.05) is 19.9 Å². The first-order chi connectivity index (χ1) is 10.6. The van der Waals surface area contributed by atoms with Gasteiger partial charge in [-0.1, -0.05) is 25.4 Å². The second-order valence-corrected chi connectivity index (χ2v) is 7.14. The van der Waals surface area contributed by atoms with Crippen LogP contribution in [0.25, 0.3) is 11.1 Å². The van der Waals surface area contributed by atoms with Crippen molar-refractivity contribution in [2.24, 2.45) is 5.92 Å². The lowest BCUT2D eigenvalue weighted by molar-refractivity contribution is 0.156. The van der Waals surface area contributed by atoms with Gasteiger partial charge in [0.15, 0.2) is 5.75 Å². The minimum absolute atomic E-state index is 0.258. The molecule has 0 saturated carbocycles. The molecule has 4 heteroatoms. The zero-order chi connectivity index (χ0) is 17.5.